The minimum atomic E-state index is -0.121. The Morgan fingerprint density at radius 1 is 1.10 bits per heavy atom. The highest BCUT2D eigenvalue weighted by atomic mass is 35.5. The summed E-state index contributed by atoms with van der Waals surface area (Å²) in [5.74, 6) is 0. The van der Waals surface area contributed by atoms with Crippen molar-refractivity contribution in [3.05, 3.63) is 63.6 Å². The highest BCUT2D eigenvalue weighted by Gasteiger charge is 2.13. The van der Waals surface area contributed by atoms with E-state index in [1.165, 1.54) is 11.3 Å². The van der Waals surface area contributed by atoms with Gasteiger partial charge < -0.3 is 10.6 Å². The fourth-order valence-electron chi connectivity index (χ4n) is 2.22. The van der Waals surface area contributed by atoms with Gasteiger partial charge in [-0.25, -0.2) is 0 Å². The molecule has 0 aromatic heterocycles. The number of hydrogen-bond donors (Lipinski definition) is 1. The van der Waals surface area contributed by atoms with Crippen molar-refractivity contribution in [2.45, 2.75) is 19.4 Å². The second-order valence-electron chi connectivity index (χ2n) is 5.30. The molecule has 0 amide bonds. The predicted molar refractivity (Wildman–Crippen MR) is 92.5 cm³/mol. The molecule has 0 aliphatic rings. The molecule has 0 saturated carbocycles. The van der Waals surface area contributed by atoms with Gasteiger partial charge in [-0.15, -0.1) is 0 Å². The summed E-state index contributed by atoms with van der Waals surface area (Å²) in [5.41, 5.74) is 9.59. The number of halogens is 2. The van der Waals surface area contributed by atoms with Crippen LogP contribution >= 0.6 is 23.2 Å². The minimum absolute atomic E-state index is 0.121. The summed E-state index contributed by atoms with van der Waals surface area (Å²) in [6, 6.07) is 13.9. The molecule has 0 spiro atoms. The topological polar surface area (TPSA) is 29.3 Å². The molecule has 0 aliphatic carbocycles. The van der Waals surface area contributed by atoms with Gasteiger partial charge >= 0.3 is 0 Å². The number of nitrogens with two attached hydrogens (primary N) is 1. The molecular formula is C17H20Cl2N2. The molecule has 2 aromatic carbocycles. The van der Waals surface area contributed by atoms with Crippen LogP contribution in [0, 0.1) is 6.92 Å². The molecule has 112 valence electrons. The molecular weight excluding hydrogens is 303 g/mol. The molecule has 2 rings (SSSR count). The molecule has 21 heavy (non-hydrogen) atoms. The van der Waals surface area contributed by atoms with Gasteiger partial charge in [-0.1, -0.05) is 53.0 Å². The standard InChI is InChI=1S/C17H20Cl2N2/c1-12-6-8-13(9-7-12)21(2)11-10-16(20)14-4-3-5-15(18)17(14)19/h3-9,16H,10-11,20H2,1-2H3. The second kappa shape index (κ2) is 7.17. The third kappa shape index (κ3) is 4.13. The second-order valence-corrected chi connectivity index (χ2v) is 6.08. The summed E-state index contributed by atoms with van der Waals surface area (Å²) in [6.45, 7) is 2.94. The van der Waals surface area contributed by atoms with Crippen molar-refractivity contribution >= 4 is 28.9 Å². The Morgan fingerprint density at radius 2 is 1.76 bits per heavy atom. The van der Waals surface area contributed by atoms with Crippen LogP contribution in [0.4, 0.5) is 5.69 Å². The highest BCUT2D eigenvalue weighted by molar-refractivity contribution is 6.42. The number of benzene rings is 2. The van der Waals surface area contributed by atoms with Gasteiger partial charge in [0.15, 0.2) is 0 Å². The van der Waals surface area contributed by atoms with Crippen molar-refractivity contribution in [2.75, 3.05) is 18.5 Å². The molecule has 4 heteroatoms. The van der Waals surface area contributed by atoms with Gasteiger partial charge in [-0.05, 0) is 37.1 Å². The largest absolute Gasteiger partial charge is 0.375 e. The Labute approximate surface area is 136 Å². The van der Waals surface area contributed by atoms with E-state index in [1.807, 2.05) is 12.1 Å². The van der Waals surface area contributed by atoms with E-state index in [0.717, 1.165) is 18.5 Å². The lowest BCUT2D eigenvalue weighted by molar-refractivity contribution is 0.646. The zero-order chi connectivity index (χ0) is 15.4. The maximum absolute atomic E-state index is 6.25. The van der Waals surface area contributed by atoms with Crippen LogP contribution in [0.2, 0.25) is 10.0 Å². The summed E-state index contributed by atoms with van der Waals surface area (Å²) in [7, 11) is 2.07. The van der Waals surface area contributed by atoms with Crippen LogP contribution in [-0.2, 0) is 0 Å². The van der Waals surface area contributed by atoms with E-state index in [9.17, 15) is 0 Å². The van der Waals surface area contributed by atoms with E-state index < -0.39 is 0 Å². The summed E-state index contributed by atoms with van der Waals surface area (Å²) >= 11 is 12.2. The summed E-state index contributed by atoms with van der Waals surface area (Å²) in [5, 5.41) is 1.11. The number of rotatable bonds is 5. The number of nitrogens with zero attached hydrogens (tertiary/aromatic N) is 1. The Balaban J connectivity index is 1.99. The van der Waals surface area contributed by atoms with Gasteiger partial charge in [0, 0.05) is 25.3 Å². The van der Waals surface area contributed by atoms with Crippen molar-refractivity contribution in [3.8, 4) is 0 Å². The van der Waals surface area contributed by atoms with Gasteiger partial charge in [0.2, 0.25) is 0 Å². The van der Waals surface area contributed by atoms with Crippen molar-refractivity contribution in [3.63, 3.8) is 0 Å². The lowest BCUT2D eigenvalue weighted by Gasteiger charge is -2.22. The van der Waals surface area contributed by atoms with Gasteiger partial charge in [0.25, 0.3) is 0 Å². The Kier molecular flexibility index (Phi) is 5.51. The Hall–Kier alpha value is -1.22. The summed E-state index contributed by atoms with van der Waals surface area (Å²) < 4.78 is 0. The first kappa shape index (κ1) is 16.2. The third-order valence-electron chi connectivity index (χ3n) is 3.63. The first-order valence-corrected chi connectivity index (χ1v) is 7.72. The van der Waals surface area contributed by atoms with E-state index in [2.05, 4.69) is 43.1 Å². The normalized spacial score (nSPS) is 12.2. The average molecular weight is 323 g/mol. The van der Waals surface area contributed by atoms with Crippen LogP contribution in [0.25, 0.3) is 0 Å². The molecule has 2 N–H and O–H groups in total. The van der Waals surface area contributed by atoms with Crippen LogP contribution in [-0.4, -0.2) is 13.6 Å². The SMILES string of the molecule is Cc1ccc(N(C)CCC(N)c2cccc(Cl)c2Cl)cc1. The first-order valence-electron chi connectivity index (χ1n) is 6.96. The predicted octanol–water partition coefficient (Wildman–Crippen LogP) is 4.83. The van der Waals surface area contributed by atoms with Crippen LogP contribution < -0.4 is 10.6 Å². The monoisotopic (exact) mass is 322 g/mol. The van der Waals surface area contributed by atoms with Gasteiger partial charge in [0.05, 0.1) is 10.0 Å². The Bertz CT molecular complexity index is 596. The molecule has 1 unspecified atom stereocenters. The van der Waals surface area contributed by atoms with Gasteiger partial charge in [-0.3, -0.25) is 0 Å². The average Bonchev–Trinajstić information content (AvgIpc) is 2.48. The summed E-state index contributed by atoms with van der Waals surface area (Å²) in [4.78, 5) is 2.19. The lowest BCUT2D eigenvalue weighted by Crippen LogP contribution is -2.23. The van der Waals surface area contributed by atoms with Gasteiger partial charge in [0.1, 0.15) is 0 Å². The molecule has 0 fully saturated rings. The van der Waals surface area contributed by atoms with Crippen LogP contribution in [0.3, 0.4) is 0 Å². The molecule has 0 bridgehead atoms. The first-order chi connectivity index (χ1) is 9.99. The molecule has 0 aliphatic heterocycles. The van der Waals surface area contributed by atoms with E-state index in [4.69, 9.17) is 28.9 Å². The number of anilines is 1. The van der Waals surface area contributed by atoms with Crippen molar-refractivity contribution in [1.29, 1.82) is 0 Å². The maximum Gasteiger partial charge on any atom is 0.0640 e. The van der Waals surface area contributed by atoms with E-state index in [-0.39, 0.29) is 6.04 Å². The number of hydrogen-bond acceptors (Lipinski definition) is 2. The van der Waals surface area contributed by atoms with Crippen molar-refractivity contribution < 1.29 is 0 Å². The Morgan fingerprint density at radius 3 is 2.43 bits per heavy atom. The fourth-order valence-corrected chi connectivity index (χ4v) is 2.67. The van der Waals surface area contributed by atoms with Gasteiger partial charge in [-0.2, -0.15) is 0 Å². The minimum Gasteiger partial charge on any atom is -0.375 e. The zero-order valence-corrected chi connectivity index (χ0v) is 13.8. The van der Waals surface area contributed by atoms with E-state index >= 15 is 0 Å². The highest BCUT2D eigenvalue weighted by Crippen LogP contribution is 2.30. The maximum atomic E-state index is 6.25. The quantitative estimate of drug-likeness (QED) is 0.854. The number of aryl methyl sites for hydroxylation is 1. The van der Waals surface area contributed by atoms with Crippen molar-refractivity contribution in [1.82, 2.24) is 0 Å². The lowest BCUT2D eigenvalue weighted by atomic mass is 10.0. The van der Waals surface area contributed by atoms with Crippen LogP contribution in [0.15, 0.2) is 42.5 Å². The molecule has 2 nitrogen and oxygen atoms in total. The third-order valence-corrected chi connectivity index (χ3v) is 4.46. The van der Waals surface area contributed by atoms with Crippen LogP contribution in [0.5, 0.6) is 0 Å². The molecule has 0 heterocycles. The summed E-state index contributed by atoms with van der Waals surface area (Å²) in [6.07, 6.45) is 0.810. The van der Waals surface area contributed by atoms with Crippen molar-refractivity contribution in [2.24, 2.45) is 5.73 Å². The van der Waals surface area contributed by atoms with Crippen LogP contribution in [0.1, 0.15) is 23.6 Å². The fraction of sp³-hybridized carbons (Fsp3) is 0.294. The molecule has 2 aromatic rings. The molecule has 0 saturated heterocycles. The smallest absolute Gasteiger partial charge is 0.0640 e. The molecule has 1 atom stereocenters. The molecule has 0 radical (unpaired) electrons. The zero-order valence-electron chi connectivity index (χ0n) is 12.3. The van der Waals surface area contributed by atoms with E-state index in [1.54, 1.807) is 6.07 Å². The van der Waals surface area contributed by atoms with E-state index in [0.29, 0.717) is 10.0 Å².